The number of allylic oxidation sites excluding steroid dienone is 3. The molecule has 0 N–H and O–H groups in total. The van der Waals surface area contributed by atoms with Crippen molar-refractivity contribution in [3.8, 4) is 0 Å². The first-order valence-corrected chi connectivity index (χ1v) is 8.70. The summed E-state index contributed by atoms with van der Waals surface area (Å²) >= 11 is 0. The molecule has 0 atom stereocenters. The SMILES string of the molecule is C=CC1=C(\C=C)CN(C(=O)C(C)(C)C(C)(C)C)c2ccccc2/C=C\1. The van der Waals surface area contributed by atoms with Crippen LogP contribution in [-0.2, 0) is 4.79 Å². The van der Waals surface area contributed by atoms with E-state index >= 15 is 0 Å². The fourth-order valence-corrected chi connectivity index (χ4v) is 2.73. The molecule has 0 radical (unpaired) electrons. The van der Waals surface area contributed by atoms with Crippen molar-refractivity contribution in [2.45, 2.75) is 34.6 Å². The first-order chi connectivity index (χ1) is 11.6. The highest BCUT2D eigenvalue weighted by atomic mass is 16.2. The molecule has 1 amide bonds. The summed E-state index contributed by atoms with van der Waals surface area (Å²) in [7, 11) is 0. The molecule has 0 saturated carbocycles. The molecule has 1 aliphatic heterocycles. The fraction of sp³-hybridized carbons (Fsp3) is 0.348. The number of anilines is 1. The number of carbonyl (C=O) groups is 1. The second-order valence-electron chi connectivity index (χ2n) is 8.05. The van der Waals surface area contributed by atoms with Crippen molar-refractivity contribution in [1.82, 2.24) is 0 Å². The van der Waals surface area contributed by atoms with Gasteiger partial charge < -0.3 is 4.90 Å². The Hall–Kier alpha value is -2.35. The van der Waals surface area contributed by atoms with Crippen LogP contribution in [0, 0.1) is 10.8 Å². The summed E-state index contributed by atoms with van der Waals surface area (Å²) in [6, 6.07) is 8.02. The summed E-state index contributed by atoms with van der Waals surface area (Å²) in [6.45, 7) is 18.7. The molecule has 0 aliphatic carbocycles. The standard InChI is InChI=1S/C23H29NO/c1-8-17-14-15-19-12-10-11-13-20(19)24(16-18(17)9-2)21(25)23(6,7)22(3,4)5/h8-15H,1-2,16H2,3-7H3/b15-14-,18-17-. The van der Waals surface area contributed by atoms with Gasteiger partial charge in [-0.05, 0) is 28.2 Å². The topological polar surface area (TPSA) is 20.3 Å². The Morgan fingerprint density at radius 3 is 2.24 bits per heavy atom. The van der Waals surface area contributed by atoms with Gasteiger partial charge in [-0.25, -0.2) is 0 Å². The number of amides is 1. The minimum Gasteiger partial charge on any atom is -0.307 e. The highest BCUT2D eigenvalue weighted by molar-refractivity contribution is 6.00. The maximum Gasteiger partial charge on any atom is 0.233 e. The minimum absolute atomic E-state index is 0.116. The molecule has 132 valence electrons. The lowest BCUT2D eigenvalue weighted by molar-refractivity contribution is -0.131. The average Bonchev–Trinajstić information content (AvgIpc) is 2.54. The molecule has 0 aromatic heterocycles. The molecule has 0 bridgehead atoms. The number of fused-ring (bicyclic) bond motifs is 1. The number of rotatable bonds is 3. The van der Waals surface area contributed by atoms with Crippen LogP contribution in [-0.4, -0.2) is 12.5 Å². The first-order valence-electron chi connectivity index (χ1n) is 8.70. The van der Waals surface area contributed by atoms with Crippen LogP contribution in [0.5, 0.6) is 0 Å². The number of hydrogen-bond acceptors (Lipinski definition) is 1. The van der Waals surface area contributed by atoms with Gasteiger partial charge in [-0.2, -0.15) is 0 Å². The number of carbonyl (C=O) groups excluding carboxylic acids is 1. The molecule has 25 heavy (non-hydrogen) atoms. The minimum atomic E-state index is -0.510. The summed E-state index contributed by atoms with van der Waals surface area (Å²) in [5.74, 6) is 0.116. The summed E-state index contributed by atoms with van der Waals surface area (Å²) in [4.78, 5) is 15.5. The van der Waals surface area contributed by atoms with Crippen LogP contribution in [0.25, 0.3) is 6.08 Å². The second kappa shape index (κ2) is 6.87. The van der Waals surface area contributed by atoms with E-state index < -0.39 is 5.41 Å². The maximum atomic E-state index is 13.6. The van der Waals surface area contributed by atoms with Crippen molar-refractivity contribution in [3.63, 3.8) is 0 Å². The molecule has 1 heterocycles. The van der Waals surface area contributed by atoms with Crippen molar-refractivity contribution in [3.05, 3.63) is 72.4 Å². The molecular weight excluding hydrogens is 306 g/mol. The maximum absolute atomic E-state index is 13.6. The normalized spacial score (nSPS) is 19.5. The predicted octanol–water partition coefficient (Wildman–Crippen LogP) is 5.79. The molecule has 0 saturated heterocycles. The Labute approximate surface area is 152 Å². The Balaban J connectivity index is 2.65. The van der Waals surface area contributed by atoms with Crippen molar-refractivity contribution in [1.29, 1.82) is 0 Å². The van der Waals surface area contributed by atoms with Crippen LogP contribution in [0.3, 0.4) is 0 Å². The van der Waals surface area contributed by atoms with Crippen LogP contribution in [0.2, 0.25) is 0 Å². The summed E-state index contributed by atoms with van der Waals surface area (Å²) < 4.78 is 0. The van der Waals surface area contributed by atoms with E-state index in [1.165, 1.54) is 0 Å². The third kappa shape index (κ3) is 3.53. The lowest BCUT2D eigenvalue weighted by Gasteiger charge is -2.41. The molecule has 0 fully saturated rings. The molecule has 1 aromatic carbocycles. The number of nitrogens with zero attached hydrogens (tertiary/aromatic N) is 1. The number of hydrogen-bond donors (Lipinski definition) is 0. The molecule has 0 spiro atoms. The Morgan fingerprint density at radius 1 is 1.04 bits per heavy atom. The van der Waals surface area contributed by atoms with Crippen molar-refractivity contribution >= 4 is 17.7 Å². The van der Waals surface area contributed by atoms with E-state index in [1.807, 2.05) is 67.3 Å². The monoisotopic (exact) mass is 335 g/mol. The van der Waals surface area contributed by atoms with Crippen LogP contribution in [0.1, 0.15) is 40.2 Å². The van der Waals surface area contributed by atoms with E-state index in [1.54, 1.807) is 0 Å². The zero-order valence-corrected chi connectivity index (χ0v) is 16.1. The van der Waals surface area contributed by atoms with E-state index in [2.05, 4.69) is 33.9 Å². The number of para-hydroxylation sites is 1. The van der Waals surface area contributed by atoms with Gasteiger partial charge in [0.15, 0.2) is 0 Å². The van der Waals surface area contributed by atoms with Gasteiger partial charge in [0.2, 0.25) is 5.91 Å². The van der Waals surface area contributed by atoms with Gasteiger partial charge >= 0.3 is 0 Å². The van der Waals surface area contributed by atoms with E-state index in [0.29, 0.717) is 6.54 Å². The average molecular weight is 335 g/mol. The predicted molar refractivity (Wildman–Crippen MR) is 108 cm³/mol. The summed E-state index contributed by atoms with van der Waals surface area (Å²) in [6.07, 6.45) is 7.72. The molecule has 2 heteroatoms. The Bertz CT molecular complexity index is 757. The smallest absolute Gasteiger partial charge is 0.233 e. The number of benzene rings is 1. The zero-order chi connectivity index (χ0) is 18.8. The third-order valence-corrected chi connectivity index (χ3v) is 5.49. The highest BCUT2D eigenvalue weighted by Gasteiger charge is 2.43. The molecular formula is C23H29NO. The summed E-state index contributed by atoms with van der Waals surface area (Å²) in [5.41, 5.74) is 3.29. The van der Waals surface area contributed by atoms with Crippen LogP contribution in [0.4, 0.5) is 5.69 Å². The Kier molecular flexibility index (Phi) is 5.22. The molecule has 2 rings (SSSR count). The fourth-order valence-electron chi connectivity index (χ4n) is 2.73. The van der Waals surface area contributed by atoms with Crippen LogP contribution >= 0.6 is 0 Å². The Morgan fingerprint density at radius 2 is 1.68 bits per heavy atom. The molecule has 2 nitrogen and oxygen atoms in total. The zero-order valence-electron chi connectivity index (χ0n) is 16.1. The van der Waals surface area contributed by atoms with Gasteiger partial charge in [0.1, 0.15) is 0 Å². The third-order valence-electron chi connectivity index (χ3n) is 5.49. The van der Waals surface area contributed by atoms with E-state index in [0.717, 1.165) is 22.4 Å². The van der Waals surface area contributed by atoms with Crippen molar-refractivity contribution in [2.75, 3.05) is 11.4 Å². The highest BCUT2D eigenvalue weighted by Crippen LogP contribution is 2.41. The molecule has 1 aliphatic rings. The van der Waals surface area contributed by atoms with Gasteiger partial charge in [0.25, 0.3) is 0 Å². The quantitative estimate of drug-likeness (QED) is 0.685. The lowest BCUT2D eigenvalue weighted by Crippen LogP contribution is -2.48. The first kappa shape index (κ1) is 19.0. The van der Waals surface area contributed by atoms with E-state index in [4.69, 9.17) is 0 Å². The van der Waals surface area contributed by atoms with Gasteiger partial charge in [-0.1, -0.05) is 90.3 Å². The van der Waals surface area contributed by atoms with Gasteiger partial charge in [0, 0.05) is 5.41 Å². The van der Waals surface area contributed by atoms with Gasteiger partial charge in [-0.3, -0.25) is 4.79 Å². The van der Waals surface area contributed by atoms with Crippen LogP contribution < -0.4 is 4.90 Å². The van der Waals surface area contributed by atoms with Crippen LogP contribution in [0.15, 0.2) is 66.8 Å². The summed E-state index contributed by atoms with van der Waals surface area (Å²) in [5, 5.41) is 0. The largest absolute Gasteiger partial charge is 0.307 e. The van der Waals surface area contributed by atoms with Gasteiger partial charge in [-0.15, -0.1) is 0 Å². The van der Waals surface area contributed by atoms with Gasteiger partial charge in [0.05, 0.1) is 12.2 Å². The van der Waals surface area contributed by atoms with Crippen molar-refractivity contribution < 1.29 is 4.79 Å². The lowest BCUT2D eigenvalue weighted by atomic mass is 9.68. The van der Waals surface area contributed by atoms with E-state index in [-0.39, 0.29) is 11.3 Å². The molecule has 0 unspecified atom stereocenters. The second-order valence-corrected chi connectivity index (χ2v) is 8.05. The van der Waals surface area contributed by atoms with Crippen molar-refractivity contribution in [2.24, 2.45) is 10.8 Å². The molecule has 1 aromatic rings. The van der Waals surface area contributed by atoms with E-state index in [9.17, 15) is 4.79 Å².